The van der Waals surface area contributed by atoms with E-state index in [-0.39, 0.29) is 23.1 Å². The number of methoxy groups -OCH3 is 1. The summed E-state index contributed by atoms with van der Waals surface area (Å²) in [6, 6.07) is 9.51. The summed E-state index contributed by atoms with van der Waals surface area (Å²) in [4.78, 5) is 24.9. The van der Waals surface area contributed by atoms with Crippen LogP contribution in [0.5, 0.6) is 5.75 Å². The number of benzene rings is 2. The Labute approximate surface area is 159 Å². The van der Waals surface area contributed by atoms with Crippen LogP contribution in [-0.4, -0.2) is 28.7 Å². The van der Waals surface area contributed by atoms with Crippen molar-refractivity contribution >= 4 is 46.0 Å². The molecule has 1 heterocycles. The molecule has 0 aliphatic heterocycles. The summed E-state index contributed by atoms with van der Waals surface area (Å²) in [5.74, 6) is -0.881. The van der Waals surface area contributed by atoms with Gasteiger partial charge in [0.05, 0.1) is 24.1 Å². The number of phenols is 1. The molecule has 0 saturated heterocycles. The smallest absolute Gasteiger partial charge is 0.310 e. The molecule has 2 aromatic carbocycles. The lowest BCUT2D eigenvalue weighted by Gasteiger charge is -2.08. The first kappa shape index (κ1) is 18.3. The van der Waals surface area contributed by atoms with Crippen LogP contribution in [0.4, 0.5) is 0 Å². The Kier molecular flexibility index (Phi) is 4.94. The minimum Gasteiger partial charge on any atom is -0.506 e. The van der Waals surface area contributed by atoms with Crippen LogP contribution in [0.2, 0.25) is 10.0 Å². The third-order valence-corrected chi connectivity index (χ3v) is 4.89. The lowest BCUT2D eigenvalue weighted by molar-refractivity contribution is -0.139. The molecule has 0 aliphatic rings. The molecule has 0 atom stereocenters. The second-order valence-corrected chi connectivity index (χ2v) is 6.57. The molecular weight excluding hydrogens is 377 g/mol. The molecule has 26 heavy (non-hydrogen) atoms. The third kappa shape index (κ3) is 3.04. The fourth-order valence-corrected chi connectivity index (χ4v) is 3.34. The maximum Gasteiger partial charge on any atom is 0.310 e. The van der Waals surface area contributed by atoms with Crippen LogP contribution in [-0.2, 0) is 16.0 Å². The number of aromatic hydroxyl groups is 1. The highest BCUT2D eigenvalue weighted by Gasteiger charge is 2.24. The minimum absolute atomic E-state index is 0.0666. The summed E-state index contributed by atoms with van der Waals surface area (Å²) in [6.07, 6.45) is -0.0666. The first-order valence-corrected chi connectivity index (χ1v) is 8.49. The number of carbonyl (C=O) groups excluding carboxylic acids is 2. The van der Waals surface area contributed by atoms with Gasteiger partial charge >= 0.3 is 5.97 Å². The van der Waals surface area contributed by atoms with Gasteiger partial charge in [-0.1, -0.05) is 23.2 Å². The zero-order chi connectivity index (χ0) is 19.0. The van der Waals surface area contributed by atoms with Gasteiger partial charge < -0.3 is 9.84 Å². The van der Waals surface area contributed by atoms with Gasteiger partial charge in [0.15, 0.2) is 0 Å². The first-order valence-electron chi connectivity index (χ1n) is 7.73. The van der Waals surface area contributed by atoms with Crippen molar-refractivity contribution in [3.63, 3.8) is 0 Å². The number of rotatable bonds is 3. The summed E-state index contributed by atoms with van der Waals surface area (Å²) >= 11 is 12.2. The molecular formula is C19H15Cl2NO4. The Hall–Kier alpha value is -2.50. The summed E-state index contributed by atoms with van der Waals surface area (Å²) in [7, 11) is 1.29. The third-order valence-electron chi connectivity index (χ3n) is 4.26. The van der Waals surface area contributed by atoms with Crippen molar-refractivity contribution in [2.45, 2.75) is 13.3 Å². The minimum atomic E-state index is -0.467. The van der Waals surface area contributed by atoms with Gasteiger partial charge in [-0.15, -0.1) is 0 Å². The van der Waals surface area contributed by atoms with E-state index in [9.17, 15) is 14.7 Å². The summed E-state index contributed by atoms with van der Waals surface area (Å²) in [6.45, 7) is 1.72. The normalized spacial score (nSPS) is 10.9. The molecule has 0 spiro atoms. The second kappa shape index (κ2) is 7.02. The van der Waals surface area contributed by atoms with Crippen LogP contribution in [0.3, 0.4) is 0 Å². The molecule has 134 valence electrons. The SMILES string of the molecule is COC(=O)Cc1c(C)n(C(=O)c2ccc(Cl)cc2)c2ccc(O)c(Cl)c12. The van der Waals surface area contributed by atoms with Gasteiger partial charge in [0.2, 0.25) is 0 Å². The predicted octanol–water partition coefficient (Wildman–Crippen LogP) is 4.37. The number of ether oxygens (including phenoxy) is 1. The molecule has 5 nitrogen and oxygen atoms in total. The largest absolute Gasteiger partial charge is 0.506 e. The highest BCUT2D eigenvalue weighted by atomic mass is 35.5. The summed E-state index contributed by atoms with van der Waals surface area (Å²) in [5.41, 5.74) is 2.03. The van der Waals surface area contributed by atoms with Crippen molar-refractivity contribution in [3.8, 4) is 5.75 Å². The number of hydrogen-bond donors (Lipinski definition) is 1. The van der Waals surface area contributed by atoms with Gasteiger partial charge in [0, 0.05) is 21.7 Å². The van der Waals surface area contributed by atoms with Gasteiger partial charge in [-0.3, -0.25) is 14.2 Å². The highest BCUT2D eigenvalue weighted by Crippen LogP contribution is 2.38. The van der Waals surface area contributed by atoms with Gasteiger partial charge in [-0.05, 0) is 48.9 Å². The average molecular weight is 392 g/mol. The number of aromatic nitrogens is 1. The molecule has 0 saturated carbocycles. The molecule has 0 amide bonds. The van der Waals surface area contributed by atoms with Crippen molar-refractivity contribution in [1.29, 1.82) is 0 Å². The van der Waals surface area contributed by atoms with E-state index in [1.807, 2.05) is 0 Å². The second-order valence-electron chi connectivity index (χ2n) is 5.76. The average Bonchev–Trinajstić information content (AvgIpc) is 2.90. The number of esters is 1. The predicted molar refractivity (Wildman–Crippen MR) is 100 cm³/mol. The Balaban J connectivity index is 2.27. The highest BCUT2D eigenvalue weighted by molar-refractivity contribution is 6.37. The standard InChI is InChI=1S/C19H15Cl2NO4/c1-10-13(9-16(24)26-2)17-14(7-8-15(23)18(17)21)22(10)19(25)11-3-5-12(20)6-4-11/h3-8,23H,9H2,1-2H3. The van der Waals surface area contributed by atoms with Gasteiger partial charge in [-0.2, -0.15) is 0 Å². The zero-order valence-corrected chi connectivity index (χ0v) is 15.6. The van der Waals surface area contributed by atoms with Crippen molar-refractivity contribution in [2.75, 3.05) is 7.11 Å². The van der Waals surface area contributed by atoms with Crippen LogP contribution >= 0.6 is 23.2 Å². The zero-order valence-electron chi connectivity index (χ0n) is 14.0. The Bertz CT molecular complexity index is 1020. The van der Waals surface area contributed by atoms with E-state index in [1.54, 1.807) is 37.3 Å². The van der Waals surface area contributed by atoms with Crippen molar-refractivity contribution in [2.24, 2.45) is 0 Å². The van der Waals surface area contributed by atoms with Gasteiger partial charge in [0.1, 0.15) is 5.75 Å². The molecule has 0 fully saturated rings. The molecule has 0 radical (unpaired) electrons. The fourth-order valence-electron chi connectivity index (χ4n) is 2.94. The Morgan fingerprint density at radius 1 is 1.12 bits per heavy atom. The molecule has 0 unspecified atom stereocenters. The van der Waals surface area contributed by atoms with E-state index in [4.69, 9.17) is 27.9 Å². The number of hydrogen-bond acceptors (Lipinski definition) is 4. The topological polar surface area (TPSA) is 68.5 Å². The van der Waals surface area contributed by atoms with Crippen molar-refractivity contribution in [1.82, 2.24) is 4.57 Å². The van der Waals surface area contributed by atoms with Crippen LogP contribution in [0.25, 0.3) is 10.9 Å². The monoisotopic (exact) mass is 391 g/mol. The summed E-state index contributed by atoms with van der Waals surface area (Å²) in [5, 5.41) is 11.0. The van der Waals surface area contributed by atoms with Gasteiger partial charge in [0.25, 0.3) is 5.91 Å². The fraction of sp³-hybridized carbons (Fsp3) is 0.158. The number of phenolic OH excluding ortho intramolecular Hbond substituents is 1. The van der Waals surface area contributed by atoms with Crippen molar-refractivity contribution < 1.29 is 19.4 Å². The first-order chi connectivity index (χ1) is 12.3. The molecule has 1 N–H and O–H groups in total. The van der Waals surface area contributed by atoms with E-state index in [1.165, 1.54) is 17.7 Å². The molecule has 7 heteroatoms. The molecule has 3 aromatic rings. The van der Waals surface area contributed by atoms with E-state index in [0.717, 1.165) is 0 Å². The van der Waals surface area contributed by atoms with Crippen molar-refractivity contribution in [3.05, 3.63) is 63.3 Å². The molecule has 3 rings (SSSR count). The molecule has 1 aromatic heterocycles. The van der Waals surface area contributed by atoms with Crippen LogP contribution in [0, 0.1) is 6.92 Å². The Morgan fingerprint density at radius 3 is 2.38 bits per heavy atom. The number of halogens is 2. The van der Waals surface area contributed by atoms with Crippen LogP contribution in [0.1, 0.15) is 21.6 Å². The Morgan fingerprint density at radius 2 is 1.77 bits per heavy atom. The molecule has 0 aliphatic carbocycles. The lowest BCUT2D eigenvalue weighted by atomic mass is 10.1. The number of fused-ring (bicyclic) bond motifs is 1. The maximum absolute atomic E-state index is 13.1. The molecule has 0 bridgehead atoms. The quantitative estimate of drug-likeness (QED) is 0.673. The van der Waals surface area contributed by atoms with E-state index in [0.29, 0.717) is 32.7 Å². The van der Waals surface area contributed by atoms with Crippen LogP contribution in [0.15, 0.2) is 36.4 Å². The van der Waals surface area contributed by atoms with E-state index >= 15 is 0 Å². The van der Waals surface area contributed by atoms with E-state index < -0.39 is 5.97 Å². The number of nitrogens with zero attached hydrogens (tertiary/aromatic N) is 1. The van der Waals surface area contributed by atoms with Crippen LogP contribution < -0.4 is 0 Å². The van der Waals surface area contributed by atoms with E-state index in [2.05, 4.69) is 0 Å². The maximum atomic E-state index is 13.1. The summed E-state index contributed by atoms with van der Waals surface area (Å²) < 4.78 is 6.22. The van der Waals surface area contributed by atoms with Gasteiger partial charge in [-0.25, -0.2) is 0 Å². The number of carbonyl (C=O) groups is 2. The lowest BCUT2D eigenvalue weighted by Crippen LogP contribution is -2.14.